The maximum absolute atomic E-state index is 12.5. The van der Waals surface area contributed by atoms with Crippen LogP contribution in [-0.4, -0.2) is 51.2 Å². The zero-order chi connectivity index (χ0) is 13.8. The standard InChI is InChI=1S/C14H20N2O3.ClH/c1-16(10-6-7-15-9-10)14(17)12-5-4-11(18-2)8-13(12)19-3;/h4-5,8,10,15H,6-7,9H2,1-3H3;1H. The minimum absolute atomic E-state index is 0. The van der Waals surface area contributed by atoms with Gasteiger partial charge in [-0.15, -0.1) is 12.4 Å². The summed E-state index contributed by atoms with van der Waals surface area (Å²) in [6, 6.07) is 5.50. The summed E-state index contributed by atoms with van der Waals surface area (Å²) < 4.78 is 10.4. The highest BCUT2D eigenvalue weighted by Gasteiger charge is 2.25. The van der Waals surface area contributed by atoms with Gasteiger partial charge in [-0.05, 0) is 25.1 Å². The molecule has 2 rings (SSSR count). The fourth-order valence-electron chi connectivity index (χ4n) is 2.30. The minimum atomic E-state index is -0.0202. The smallest absolute Gasteiger partial charge is 0.257 e. The van der Waals surface area contributed by atoms with Crippen LogP contribution in [0.1, 0.15) is 16.8 Å². The number of nitrogens with zero attached hydrogens (tertiary/aromatic N) is 1. The van der Waals surface area contributed by atoms with Gasteiger partial charge in [0.25, 0.3) is 5.91 Å². The Morgan fingerprint density at radius 1 is 1.35 bits per heavy atom. The zero-order valence-electron chi connectivity index (χ0n) is 12.0. The predicted octanol–water partition coefficient (Wildman–Crippen LogP) is 1.56. The van der Waals surface area contributed by atoms with Gasteiger partial charge in [-0.2, -0.15) is 0 Å². The molecular formula is C14H21ClN2O3. The first-order valence-electron chi connectivity index (χ1n) is 6.37. The van der Waals surface area contributed by atoms with Crippen LogP contribution >= 0.6 is 12.4 Å². The van der Waals surface area contributed by atoms with Gasteiger partial charge in [-0.25, -0.2) is 0 Å². The highest BCUT2D eigenvalue weighted by Crippen LogP contribution is 2.26. The Morgan fingerprint density at radius 3 is 2.65 bits per heavy atom. The first-order chi connectivity index (χ1) is 9.17. The summed E-state index contributed by atoms with van der Waals surface area (Å²) in [5.41, 5.74) is 0.567. The molecule has 0 aromatic heterocycles. The summed E-state index contributed by atoms with van der Waals surface area (Å²) in [6.07, 6.45) is 0.987. The lowest BCUT2D eigenvalue weighted by atomic mass is 10.1. The molecule has 0 saturated carbocycles. The highest BCUT2D eigenvalue weighted by molar-refractivity contribution is 5.97. The second-order valence-corrected chi connectivity index (χ2v) is 4.63. The number of nitrogens with one attached hydrogen (secondary N) is 1. The van der Waals surface area contributed by atoms with E-state index in [1.807, 2.05) is 7.05 Å². The van der Waals surface area contributed by atoms with Crippen molar-refractivity contribution in [1.29, 1.82) is 0 Å². The Hall–Kier alpha value is -1.46. The summed E-state index contributed by atoms with van der Waals surface area (Å²) >= 11 is 0. The van der Waals surface area contributed by atoms with E-state index in [9.17, 15) is 4.79 Å². The van der Waals surface area contributed by atoms with Gasteiger partial charge in [0.1, 0.15) is 11.5 Å². The van der Waals surface area contributed by atoms with Gasteiger partial charge in [0, 0.05) is 25.7 Å². The van der Waals surface area contributed by atoms with Crippen molar-refractivity contribution >= 4 is 18.3 Å². The fourth-order valence-corrected chi connectivity index (χ4v) is 2.30. The van der Waals surface area contributed by atoms with Crippen LogP contribution < -0.4 is 14.8 Å². The van der Waals surface area contributed by atoms with Crippen molar-refractivity contribution in [2.24, 2.45) is 0 Å². The van der Waals surface area contributed by atoms with Crippen LogP contribution in [0.2, 0.25) is 0 Å². The largest absolute Gasteiger partial charge is 0.497 e. The Balaban J connectivity index is 0.00000200. The van der Waals surface area contributed by atoms with E-state index in [-0.39, 0.29) is 24.4 Å². The third kappa shape index (κ3) is 3.35. The summed E-state index contributed by atoms with van der Waals surface area (Å²) in [7, 11) is 4.99. The predicted molar refractivity (Wildman–Crippen MR) is 80.2 cm³/mol. The Kier molecular flexibility index (Phi) is 6.10. The summed E-state index contributed by atoms with van der Waals surface area (Å²) in [5.74, 6) is 1.20. The summed E-state index contributed by atoms with van der Waals surface area (Å²) in [5, 5.41) is 3.26. The Bertz CT molecular complexity index is 462. The van der Waals surface area contributed by atoms with E-state index in [1.165, 1.54) is 0 Å². The second-order valence-electron chi connectivity index (χ2n) is 4.63. The number of rotatable bonds is 4. The molecule has 1 aromatic rings. The minimum Gasteiger partial charge on any atom is -0.497 e. The number of hydrogen-bond donors (Lipinski definition) is 1. The molecule has 1 unspecified atom stereocenters. The van der Waals surface area contributed by atoms with Crippen LogP contribution in [0.4, 0.5) is 0 Å². The molecular weight excluding hydrogens is 280 g/mol. The van der Waals surface area contributed by atoms with Crippen LogP contribution in [-0.2, 0) is 0 Å². The topological polar surface area (TPSA) is 50.8 Å². The molecule has 1 saturated heterocycles. The second kappa shape index (κ2) is 7.36. The lowest BCUT2D eigenvalue weighted by molar-refractivity contribution is 0.0740. The molecule has 1 aliphatic heterocycles. The van der Waals surface area contributed by atoms with Crippen LogP contribution in [0, 0.1) is 0 Å². The molecule has 6 heteroatoms. The van der Waals surface area contributed by atoms with Crippen LogP contribution in [0.15, 0.2) is 18.2 Å². The van der Waals surface area contributed by atoms with Gasteiger partial charge < -0.3 is 19.7 Å². The third-order valence-electron chi connectivity index (χ3n) is 3.54. The molecule has 1 fully saturated rings. The van der Waals surface area contributed by atoms with E-state index in [4.69, 9.17) is 9.47 Å². The van der Waals surface area contributed by atoms with Crippen molar-refractivity contribution in [1.82, 2.24) is 10.2 Å². The molecule has 0 bridgehead atoms. The maximum Gasteiger partial charge on any atom is 0.257 e. The molecule has 20 heavy (non-hydrogen) atoms. The monoisotopic (exact) mass is 300 g/mol. The van der Waals surface area contributed by atoms with Crippen molar-refractivity contribution < 1.29 is 14.3 Å². The molecule has 5 nitrogen and oxygen atoms in total. The van der Waals surface area contributed by atoms with Gasteiger partial charge >= 0.3 is 0 Å². The van der Waals surface area contributed by atoms with Gasteiger partial charge in [-0.3, -0.25) is 4.79 Å². The third-order valence-corrected chi connectivity index (χ3v) is 3.54. The number of halogens is 1. The number of ether oxygens (including phenoxy) is 2. The molecule has 0 radical (unpaired) electrons. The van der Waals surface area contributed by atoms with Crippen molar-refractivity contribution in [3.8, 4) is 11.5 Å². The van der Waals surface area contributed by atoms with Gasteiger partial charge in [0.2, 0.25) is 0 Å². The Morgan fingerprint density at radius 2 is 2.10 bits per heavy atom. The van der Waals surface area contributed by atoms with Gasteiger partial charge in [-0.1, -0.05) is 0 Å². The zero-order valence-corrected chi connectivity index (χ0v) is 12.8. The van der Waals surface area contributed by atoms with Crippen molar-refractivity contribution in [2.75, 3.05) is 34.4 Å². The number of methoxy groups -OCH3 is 2. The molecule has 0 aliphatic carbocycles. The molecule has 1 aliphatic rings. The van der Waals surface area contributed by atoms with Crippen LogP contribution in [0.25, 0.3) is 0 Å². The first kappa shape index (κ1) is 16.6. The molecule has 0 spiro atoms. The quantitative estimate of drug-likeness (QED) is 0.917. The van der Waals surface area contributed by atoms with Gasteiger partial charge in [0.05, 0.1) is 19.8 Å². The molecule has 1 heterocycles. The average molecular weight is 301 g/mol. The number of carbonyl (C=O) groups is 1. The van der Waals surface area contributed by atoms with Gasteiger partial charge in [0.15, 0.2) is 0 Å². The van der Waals surface area contributed by atoms with Crippen molar-refractivity contribution in [2.45, 2.75) is 12.5 Å². The highest BCUT2D eigenvalue weighted by atomic mass is 35.5. The molecule has 1 aromatic carbocycles. The first-order valence-corrected chi connectivity index (χ1v) is 6.37. The van der Waals surface area contributed by atoms with Crippen LogP contribution in [0.3, 0.4) is 0 Å². The SMILES string of the molecule is COc1ccc(C(=O)N(C)C2CCNC2)c(OC)c1.Cl. The summed E-state index contributed by atoms with van der Waals surface area (Å²) in [6.45, 7) is 1.81. The number of carbonyl (C=O) groups excluding carboxylic acids is 1. The maximum atomic E-state index is 12.5. The lowest BCUT2D eigenvalue weighted by Gasteiger charge is -2.24. The number of likely N-dealkylation sites (N-methyl/N-ethyl adjacent to an activating group) is 1. The van der Waals surface area contributed by atoms with Crippen molar-refractivity contribution in [3.05, 3.63) is 23.8 Å². The van der Waals surface area contributed by atoms with E-state index >= 15 is 0 Å². The van der Waals surface area contributed by atoms with E-state index in [2.05, 4.69) is 5.32 Å². The average Bonchev–Trinajstić information content (AvgIpc) is 2.99. The number of benzene rings is 1. The Labute approximate surface area is 125 Å². The number of hydrogen-bond acceptors (Lipinski definition) is 4. The normalized spacial score (nSPS) is 17.2. The van der Waals surface area contributed by atoms with E-state index in [1.54, 1.807) is 37.3 Å². The van der Waals surface area contributed by atoms with E-state index in [0.29, 0.717) is 17.1 Å². The van der Waals surface area contributed by atoms with E-state index < -0.39 is 0 Å². The molecule has 1 N–H and O–H groups in total. The summed E-state index contributed by atoms with van der Waals surface area (Å²) in [4.78, 5) is 14.3. The number of amides is 1. The molecule has 112 valence electrons. The molecule has 1 atom stereocenters. The lowest BCUT2D eigenvalue weighted by Crippen LogP contribution is -2.38. The molecule has 1 amide bonds. The van der Waals surface area contributed by atoms with E-state index in [0.717, 1.165) is 19.5 Å². The fraction of sp³-hybridized carbons (Fsp3) is 0.500. The van der Waals surface area contributed by atoms with Crippen LogP contribution in [0.5, 0.6) is 11.5 Å². The van der Waals surface area contributed by atoms with Crippen molar-refractivity contribution in [3.63, 3.8) is 0 Å².